The lowest BCUT2D eigenvalue weighted by atomic mass is 10.0. The molecule has 0 atom stereocenters. The summed E-state index contributed by atoms with van der Waals surface area (Å²) in [5.41, 5.74) is 4.96. The third-order valence-corrected chi connectivity index (χ3v) is 6.78. The molecule has 0 spiro atoms. The summed E-state index contributed by atoms with van der Waals surface area (Å²) >= 11 is 9.95. The van der Waals surface area contributed by atoms with Gasteiger partial charge in [-0.25, -0.2) is 0 Å². The van der Waals surface area contributed by atoms with Gasteiger partial charge >= 0.3 is 0 Å². The maximum absolute atomic E-state index is 13.4. The van der Waals surface area contributed by atoms with Crippen molar-refractivity contribution < 1.29 is 4.79 Å². The number of carbonyl (C=O) groups excluding carboxylic acids is 1. The zero-order valence-electron chi connectivity index (χ0n) is 18.9. The van der Waals surface area contributed by atoms with Crippen molar-refractivity contribution in [3.63, 3.8) is 0 Å². The number of anilines is 1. The number of amides is 1. The second kappa shape index (κ2) is 10.5. The van der Waals surface area contributed by atoms with E-state index < -0.39 is 11.3 Å². The first-order chi connectivity index (χ1) is 15.3. The van der Waals surface area contributed by atoms with Crippen LogP contribution in [0.15, 0.2) is 51.7 Å². The third-order valence-electron chi connectivity index (χ3n) is 5.88. The van der Waals surface area contributed by atoms with E-state index in [4.69, 9.17) is 11.6 Å². The van der Waals surface area contributed by atoms with Crippen LogP contribution in [-0.2, 0) is 25.8 Å². The quantitative estimate of drug-likeness (QED) is 0.390. The minimum Gasteiger partial charge on any atom is -0.346 e. The Labute approximate surface area is 202 Å². The summed E-state index contributed by atoms with van der Waals surface area (Å²) in [5, 5.41) is 3.12. The minimum absolute atomic E-state index is 0.0936. The van der Waals surface area contributed by atoms with Gasteiger partial charge in [-0.15, -0.1) is 0 Å². The number of hydrogen-bond donors (Lipinski definition) is 1. The number of halogens is 2. The molecule has 0 radical (unpaired) electrons. The van der Waals surface area contributed by atoms with Crippen molar-refractivity contribution in [3.05, 3.63) is 95.8 Å². The first kappa shape index (κ1) is 24.3. The number of nitrogens with zero attached hydrogens (tertiary/aromatic N) is 1. The molecule has 0 aliphatic carbocycles. The average Bonchev–Trinajstić information content (AvgIpc) is 2.79. The molecule has 3 rings (SSSR count). The van der Waals surface area contributed by atoms with Crippen molar-refractivity contribution in [2.75, 3.05) is 5.32 Å². The highest BCUT2D eigenvalue weighted by Gasteiger charge is 2.23. The number of carbonyl (C=O) groups is 1. The number of hydrogen-bond acceptors (Lipinski definition) is 2. The minimum atomic E-state index is -0.427. The number of aryl methyl sites for hydroxylation is 3. The molecule has 2 aromatic carbocycles. The summed E-state index contributed by atoms with van der Waals surface area (Å²) in [6, 6.07) is 14.1. The van der Waals surface area contributed by atoms with E-state index in [1.54, 1.807) is 0 Å². The van der Waals surface area contributed by atoms with Crippen molar-refractivity contribution in [2.45, 2.75) is 53.5 Å². The van der Waals surface area contributed by atoms with Crippen LogP contribution < -0.4 is 10.7 Å². The molecule has 3 aromatic rings. The van der Waals surface area contributed by atoms with Gasteiger partial charge in [-0.2, -0.15) is 0 Å². The van der Waals surface area contributed by atoms with Crippen LogP contribution in [0.5, 0.6) is 0 Å². The fraction of sp³-hybridized carbons (Fsp3) is 0.308. The van der Waals surface area contributed by atoms with Crippen LogP contribution in [-0.4, -0.2) is 10.5 Å². The largest absolute Gasteiger partial charge is 0.346 e. The second-order valence-corrected chi connectivity index (χ2v) is 9.13. The van der Waals surface area contributed by atoms with Gasteiger partial charge in [0.2, 0.25) is 5.43 Å². The Balaban J connectivity index is 2.02. The summed E-state index contributed by atoms with van der Waals surface area (Å²) in [6.07, 6.45) is 2.30. The topological polar surface area (TPSA) is 51.1 Å². The predicted molar refractivity (Wildman–Crippen MR) is 136 cm³/mol. The number of pyridine rings is 1. The normalized spacial score (nSPS) is 10.9. The molecule has 1 heterocycles. The number of benzene rings is 2. The lowest BCUT2D eigenvalue weighted by molar-refractivity contribution is 0.102. The summed E-state index contributed by atoms with van der Waals surface area (Å²) in [4.78, 5) is 26.4. The highest BCUT2D eigenvalue weighted by molar-refractivity contribution is 9.10. The van der Waals surface area contributed by atoms with Gasteiger partial charge in [0.1, 0.15) is 10.6 Å². The first-order valence-corrected chi connectivity index (χ1v) is 12.0. The fourth-order valence-corrected chi connectivity index (χ4v) is 4.80. The van der Waals surface area contributed by atoms with Gasteiger partial charge in [0.15, 0.2) is 0 Å². The van der Waals surface area contributed by atoms with Crippen LogP contribution in [0.25, 0.3) is 0 Å². The summed E-state index contributed by atoms with van der Waals surface area (Å²) in [6.45, 7) is 8.35. The van der Waals surface area contributed by atoms with Crippen molar-refractivity contribution in [1.29, 1.82) is 0 Å². The van der Waals surface area contributed by atoms with Crippen LogP contribution in [0.1, 0.15) is 52.3 Å². The Morgan fingerprint density at radius 1 is 1.03 bits per heavy atom. The Bertz CT molecular complexity index is 1180. The van der Waals surface area contributed by atoms with Crippen LogP contribution in [0.2, 0.25) is 5.02 Å². The number of aromatic nitrogens is 1. The van der Waals surface area contributed by atoms with Crippen molar-refractivity contribution in [1.82, 2.24) is 4.57 Å². The molecule has 0 unspecified atom stereocenters. The number of rotatable bonds is 7. The van der Waals surface area contributed by atoms with E-state index in [0.29, 0.717) is 17.9 Å². The highest BCUT2D eigenvalue weighted by atomic mass is 79.9. The molecule has 0 saturated carbocycles. The highest BCUT2D eigenvalue weighted by Crippen LogP contribution is 2.28. The zero-order chi connectivity index (χ0) is 23.4. The maximum Gasteiger partial charge on any atom is 0.261 e. The molecule has 0 fully saturated rings. The number of nitrogens with one attached hydrogen (secondary N) is 1. The van der Waals surface area contributed by atoms with E-state index in [-0.39, 0.29) is 10.6 Å². The molecule has 6 heteroatoms. The Hall–Kier alpha value is -2.37. The van der Waals surface area contributed by atoms with Gasteiger partial charge in [-0.1, -0.05) is 71.7 Å². The molecule has 4 nitrogen and oxygen atoms in total. The van der Waals surface area contributed by atoms with Crippen molar-refractivity contribution in [2.24, 2.45) is 0 Å². The van der Waals surface area contributed by atoms with Gasteiger partial charge in [0, 0.05) is 28.1 Å². The summed E-state index contributed by atoms with van der Waals surface area (Å²) < 4.78 is 2.94. The van der Waals surface area contributed by atoms with Crippen molar-refractivity contribution >= 4 is 39.1 Å². The van der Waals surface area contributed by atoms with E-state index in [1.807, 2.05) is 62.6 Å². The molecule has 0 aliphatic rings. The SMILES string of the molecule is CCc1cc(Br)cc(CC)c1NC(=O)c1c(C)n(CCc2ccccc2)c(C)c(Cl)c1=O. The molecule has 168 valence electrons. The summed E-state index contributed by atoms with van der Waals surface area (Å²) in [7, 11) is 0. The van der Waals surface area contributed by atoms with Gasteiger partial charge in [-0.05, 0) is 61.9 Å². The van der Waals surface area contributed by atoms with Gasteiger partial charge in [0.05, 0.1) is 0 Å². The molecule has 0 saturated heterocycles. The molecule has 0 bridgehead atoms. The lowest BCUT2D eigenvalue weighted by Gasteiger charge is -2.20. The standard InChI is InChI=1S/C26H28BrClN2O2/c1-5-19-14-21(27)15-20(6-2)24(19)29-26(32)22-16(3)30(17(4)23(28)25(22)31)13-12-18-10-8-7-9-11-18/h7-11,14-15H,5-6,12-13H2,1-4H3,(H,29,32). The smallest absolute Gasteiger partial charge is 0.261 e. The third kappa shape index (κ3) is 5.00. The molecular weight excluding hydrogens is 488 g/mol. The van der Waals surface area contributed by atoms with Crippen LogP contribution in [0.3, 0.4) is 0 Å². The molecule has 1 amide bonds. The summed E-state index contributed by atoms with van der Waals surface area (Å²) in [5.74, 6) is -0.422. The fourth-order valence-electron chi connectivity index (χ4n) is 4.05. The Morgan fingerprint density at radius 3 is 2.19 bits per heavy atom. The van der Waals surface area contributed by atoms with E-state index >= 15 is 0 Å². The van der Waals surface area contributed by atoms with Gasteiger partial charge in [0.25, 0.3) is 5.91 Å². The van der Waals surface area contributed by atoms with Crippen LogP contribution in [0.4, 0.5) is 5.69 Å². The molecular formula is C26H28BrClN2O2. The predicted octanol–water partition coefficient (Wildman–Crippen LogP) is 6.50. The maximum atomic E-state index is 13.4. The van der Waals surface area contributed by atoms with Crippen LogP contribution in [0, 0.1) is 13.8 Å². The van der Waals surface area contributed by atoms with Gasteiger partial charge < -0.3 is 9.88 Å². The van der Waals surface area contributed by atoms with E-state index in [1.165, 1.54) is 5.56 Å². The van der Waals surface area contributed by atoms with Crippen LogP contribution >= 0.6 is 27.5 Å². The molecule has 1 N–H and O–H groups in total. The molecule has 0 aliphatic heterocycles. The first-order valence-electron chi connectivity index (χ1n) is 10.8. The van der Waals surface area contributed by atoms with E-state index in [2.05, 4.69) is 33.4 Å². The van der Waals surface area contributed by atoms with E-state index in [9.17, 15) is 9.59 Å². The van der Waals surface area contributed by atoms with E-state index in [0.717, 1.165) is 40.5 Å². The lowest BCUT2D eigenvalue weighted by Crippen LogP contribution is -2.29. The van der Waals surface area contributed by atoms with Crippen molar-refractivity contribution in [3.8, 4) is 0 Å². The monoisotopic (exact) mass is 514 g/mol. The molecule has 32 heavy (non-hydrogen) atoms. The van der Waals surface area contributed by atoms with Gasteiger partial charge in [-0.3, -0.25) is 9.59 Å². The Kier molecular flexibility index (Phi) is 7.96. The zero-order valence-corrected chi connectivity index (χ0v) is 21.2. The Morgan fingerprint density at radius 2 is 1.62 bits per heavy atom. The molecule has 1 aromatic heterocycles. The second-order valence-electron chi connectivity index (χ2n) is 7.84. The average molecular weight is 516 g/mol.